The Bertz CT molecular complexity index is 1200. The summed E-state index contributed by atoms with van der Waals surface area (Å²) in [6, 6.07) is 16.2. The molecule has 0 fully saturated rings. The van der Waals surface area contributed by atoms with Gasteiger partial charge in [0.25, 0.3) is 5.91 Å². The first-order valence-electron chi connectivity index (χ1n) is 10.7. The van der Waals surface area contributed by atoms with Crippen LogP contribution in [0.15, 0.2) is 65.4 Å². The number of oxazole rings is 1. The summed E-state index contributed by atoms with van der Waals surface area (Å²) in [4.78, 5) is 22.2. The van der Waals surface area contributed by atoms with Crippen LogP contribution in [0.1, 0.15) is 41.4 Å². The third kappa shape index (κ3) is 5.58. The number of H-pyrrole nitrogens is 1. The number of amides is 1. The van der Waals surface area contributed by atoms with Crippen LogP contribution in [-0.2, 0) is 19.5 Å². The van der Waals surface area contributed by atoms with Crippen molar-refractivity contribution in [2.45, 2.75) is 39.4 Å². The van der Waals surface area contributed by atoms with Crippen LogP contribution >= 0.6 is 11.6 Å². The number of nitrogens with one attached hydrogen (secondary N) is 2. The lowest BCUT2D eigenvalue weighted by Gasteiger charge is -2.21. The van der Waals surface area contributed by atoms with Gasteiger partial charge in [0.05, 0.1) is 6.54 Å². The Morgan fingerprint density at radius 1 is 1.19 bits per heavy atom. The van der Waals surface area contributed by atoms with Crippen molar-refractivity contribution in [2.24, 2.45) is 0 Å². The molecule has 2 N–H and O–H groups in total. The second-order valence-electron chi connectivity index (χ2n) is 8.20. The lowest BCUT2D eigenvalue weighted by molar-refractivity contribution is 0.0938. The average Bonchev–Trinajstić information content (AvgIpc) is 3.39. The highest BCUT2D eigenvalue weighted by molar-refractivity contribution is 6.30. The van der Waals surface area contributed by atoms with Crippen molar-refractivity contribution in [3.05, 3.63) is 88.7 Å². The number of halogens is 1. The number of hydrogen-bond acceptors (Lipinski definition) is 4. The van der Waals surface area contributed by atoms with E-state index in [0.717, 1.165) is 24.0 Å². The van der Waals surface area contributed by atoms with Gasteiger partial charge in [-0.3, -0.25) is 9.69 Å². The summed E-state index contributed by atoms with van der Waals surface area (Å²) in [5.74, 6) is 0.287. The molecule has 0 saturated carbocycles. The predicted molar refractivity (Wildman–Crippen MR) is 127 cm³/mol. The summed E-state index contributed by atoms with van der Waals surface area (Å²) in [5.41, 5.74) is 3.81. The Morgan fingerprint density at radius 2 is 2.03 bits per heavy atom. The molecule has 0 aliphatic rings. The van der Waals surface area contributed by atoms with Crippen LogP contribution in [0.3, 0.4) is 0 Å². The van der Waals surface area contributed by atoms with E-state index in [1.165, 1.54) is 17.2 Å². The smallest absolute Gasteiger partial charge is 0.273 e. The first-order chi connectivity index (χ1) is 15.5. The minimum absolute atomic E-state index is 0.0400. The van der Waals surface area contributed by atoms with Crippen LogP contribution < -0.4 is 5.32 Å². The molecule has 4 rings (SSSR count). The predicted octanol–water partition coefficient (Wildman–Crippen LogP) is 5.19. The van der Waals surface area contributed by atoms with E-state index >= 15 is 0 Å². The number of hydrogen-bond donors (Lipinski definition) is 2. The lowest BCUT2D eigenvalue weighted by Crippen LogP contribution is -2.30. The van der Waals surface area contributed by atoms with Gasteiger partial charge in [-0.1, -0.05) is 41.9 Å². The third-order valence-corrected chi connectivity index (χ3v) is 5.47. The van der Waals surface area contributed by atoms with Gasteiger partial charge in [-0.25, -0.2) is 4.98 Å². The molecule has 0 radical (unpaired) electrons. The van der Waals surface area contributed by atoms with Gasteiger partial charge in [-0.2, -0.15) is 0 Å². The Hall–Kier alpha value is -3.09. The van der Waals surface area contributed by atoms with Crippen LogP contribution in [0.2, 0.25) is 5.02 Å². The minimum Gasteiger partial charge on any atom is -0.447 e. The van der Waals surface area contributed by atoms with Crippen molar-refractivity contribution >= 4 is 28.4 Å². The van der Waals surface area contributed by atoms with E-state index in [0.29, 0.717) is 29.7 Å². The number of fused-ring (bicyclic) bond motifs is 1. The Labute approximate surface area is 192 Å². The van der Waals surface area contributed by atoms with Gasteiger partial charge in [-0.05, 0) is 49.6 Å². The van der Waals surface area contributed by atoms with E-state index < -0.39 is 0 Å². The summed E-state index contributed by atoms with van der Waals surface area (Å²) in [7, 11) is 0. The molecule has 4 aromatic rings. The van der Waals surface area contributed by atoms with E-state index in [-0.39, 0.29) is 11.9 Å². The fraction of sp³-hybridized carbons (Fsp3) is 0.280. The molecule has 6 nitrogen and oxygen atoms in total. The van der Waals surface area contributed by atoms with Gasteiger partial charge >= 0.3 is 0 Å². The second-order valence-corrected chi connectivity index (χ2v) is 8.64. The zero-order valence-corrected chi connectivity index (χ0v) is 19.0. The van der Waals surface area contributed by atoms with Gasteiger partial charge in [0.15, 0.2) is 5.69 Å². The van der Waals surface area contributed by atoms with Gasteiger partial charge in [0.1, 0.15) is 6.26 Å². The highest BCUT2D eigenvalue weighted by Crippen LogP contribution is 2.20. The Morgan fingerprint density at radius 3 is 2.84 bits per heavy atom. The number of rotatable bonds is 9. The summed E-state index contributed by atoms with van der Waals surface area (Å²) in [5, 5.41) is 4.79. The van der Waals surface area contributed by atoms with E-state index in [1.807, 2.05) is 38.1 Å². The molecule has 0 aliphatic carbocycles. The maximum Gasteiger partial charge on any atom is 0.273 e. The SMILES string of the molecule is CC(C)NC(=O)c1coc(CN(CCc2c[nH]c3ccccc23)Cc2cccc(Cl)c2)n1. The van der Waals surface area contributed by atoms with Crippen molar-refractivity contribution in [3.8, 4) is 0 Å². The number of carbonyl (C=O) groups is 1. The molecule has 2 aromatic heterocycles. The molecule has 2 aromatic carbocycles. The number of aromatic amines is 1. The Balaban J connectivity index is 1.50. The standard InChI is InChI=1S/C25H27ClN4O2/c1-17(2)28-25(31)23-16-32-24(29-23)15-30(14-18-6-5-7-20(26)12-18)11-10-19-13-27-22-9-4-3-8-21(19)22/h3-9,12-13,16-17,27H,10-11,14-15H2,1-2H3,(H,28,31). The van der Waals surface area contributed by atoms with Gasteiger partial charge < -0.3 is 14.7 Å². The van der Waals surface area contributed by atoms with Crippen molar-refractivity contribution in [2.75, 3.05) is 6.54 Å². The number of nitrogens with zero attached hydrogens (tertiary/aromatic N) is 2. The molecule has 0 bridgehead atoms. The summed E-state index contributed by atoms with van der Waals surface area (Å²) in [6.45, 7) is 5.81. The van der Waals surface area contributed by atoms with Crippen molar-refractivity contribution in [1.82, 2.24) is 20.2 Å². The van der Waals surface area contributed by atoms with Gasteiger partial charge in [0.2, 0.25) is 5.89 Å². The van der Waals surface area contributed by atoms with Gasteiger partial charge in [-0.15, -0.1) is 0 Å². The van der Waals surface area contributed by atoms with Crippen molar-refractivity contribution < 1.29 is 9.21 Å². The van der Waals surface area contributed by atoms with E-state index in [9.17, 15) is 4.79 Å². The first kappa shape index (κ1) is 22.1. The molecule has 0 unspecified atom stereocenters. The molecule has 0 spiro atoms. The minimum atomic E-state index is -0.227. The molecule has 0 aliphatic heterocycles. The highest BCUT2D eigenvalue weighted by Gasteiger charge is 2.16. The van der Waals surface area contributed by atoms with Crippen LogP contribution in [0.25, 0.3) is 10.9 Å². The van der Waals surface area contributed by atoms with Crippen molar-refractivity contribution in [1.29, 1.82) is 0 Å². The monoisotopic (exact) mass is 450 g/mol. The third-order valence-electron chi connectivity index (χ3n) is 5.23. The largest absolute Gasteiger partial charge is 0.447 e. The van der Waals surface area contributed by atoms with Crippen LogP contribution in [0, 0.1) is 0 Å². The number of aromatic nitrogens is 2. The first-order valence-corrected chi connectivity index (χ1v) is 11.1. The second kappa shape index (κ2) is 10.0. The Kier molecular flexibility index (Phi) is 6.93. The zero-order chi connectivity index (χ0) is 22.5. The maximum absolute atomic E-state index is 12.2. The molecular formula is C25H27ClN4O2. The fourth-order valence-electron chi connectivity index (χ4n) is 3.74. The van der Waals surface area contributed by atoms with E-state index in [1.54, 1.807) is 0 Å². The van der Waals surface area contributed by atoms with Crippen LogP contribution in [-0.4, -0.2) is 33.4 Å². The quantitative estimate of drug-likeness (QED) is 0.368. The molecule has 0 saturated heterocycles. The molecule has 166 valence electrons. The molecule has 7 heteroatoms. The van der Waals surface area contributed by atoms with Crippen LogP contribution in [0.4, 0.5) is 0 Å². The fourth-order valence-corrected chi connectivity index (χ4v) is 3.95. The van der Waals surface area contributed by atoms with Gasteiger partial charge in [0, 0.05) is 41.3 Å². The lowest BCUT2D eigenvalue weighted by atomic mass is 10.1. The van der Waals surface area contributed by atoms with E-state index in [2.05, 4.69) is 50.6 Å². The zero-order valence-electron chi connectivity index (χ0n) is 18.3. The topological polar surface area (TPSA) is 74.2 Å². The molecule has 0 atom stereocenters. The summed E-state index contributed by atoms with van der Waals surface area (Å²) < 4.78 is 5.62. The van der Waals surface area contributed by atoms with Crippen molar-refractivity contribution in [3.63, 3.8) is 0 Å². The maximum atomic E-state index is 12.2. The summed E-state index contributed by atoms with van der Waals surface area (Å²) in [6.07, 6.45) is 4.36. The molecular weight excluding hydrogens is 424 g/mol. The normalized spacial score (nSPS) is 11.5. The molecule has 2 heterocycles. The highest BCUT2D eigenvalue weighted by atomic mass is 35.5. The number of para-hydroxylation sites is 1. The molecule has 32 heavy (non-hydrogen) atoms. The average molecular weight is 451 g/mol. The number of carbonyl (C=O) groups excluding carboxylic acids is 1. The summed E-state index contributed by atoms with van der Waals surface area (Å²) >= 11 is 6.19. The van der Waals surface area contributed by atoms with Crippen LogP contribution in [0.5, 0.6) is 0 Å². The molecule has 1 amide bonds. The van der Waals surface area contributed by atoms with E-state index in [4.69, 9.17) is 16.0 Å². The number of benzene rings is 2.